The minimum Gasteiger partial charge on any atom is -0.399 e. The lowest BCUT2D eigenvalue weighted by atomic mass is 10.1. The maximum absolute atomic E-state index is 6.01. The summed E-state index contributed by atoms with van der Waals surface area (Å²) in [6.07, 6.45) is 10.7. The zero-order valence-corrected chi connectivity index (χ0v) is 15.4. The number of aryl methyl sites for hydroxylation is 1. The molecule has 0 aliphatic heterocycles. The molecule has 3 rings (SSSR count). The van der Waals surface area contributed by atoms with Crippen LogP contribution in [0.1, 0.15) is 58.3 Å². The van der Waals surface area contributed by atoms with Crippen LogP contribution in [0.25, 0.3) is 21.8 Å². The molecule has 3 nitrogen and oxygen atoms in total. The Labute approximate surface area is 151 Å². The fourth-order valence-electron chi connectivity index (χ4n) is 3.78. The summed E-state index contributed by atoms with van der Waals surface area (Å²) in [5.41, 5.74) is 16.2. The predicted molar refractivity (Wildman–Crippen MR) is 111 cm³/mol. The molecule has 0 atom stereocenters. The lowest BCUT2D eigenvalue weighted by molar-refractivity contribution is 0.553. The molecule has 1 aromatic heterocycles. The van der Waals surface area contributed by atoms with Crippen molar-refractivity contribution >= 4 is 33.2 Å². The third-order valence-electron chi connectivity index (χ3n) is 5.15. The quantitative estimate of drug-likeness (QED) is 0.366. The first-order valence-electron chi connectivity index (χ1n) is 9.77. The van der Waals surface area contributed by atoms with E-state index in [1.54, 1.807) is 0 Å². The molecular formula is C22H31N3. The van der Waals surface area contributed by atoms with Gasteiger partial charge < -0.3 is 16.0 Å². The Bertz CT molecular complexity index is 773. The molecule has 0 aliphatic rings. The van der Waals surface area contributed by atoms with Crippen LogP contribution in [0.5, 0.6) is 0 Å². The number of anilines is 2. The van der Waals surface area contributed by atoms with Crippen molar-refractivity contribution in [3.8, 4) is 0 Å². The van der Waals surface area contributed by atoms with Gasteiger partial charge in [0.1, 0.15) is 0 Å². The number of hydrogen-bond acceptors (Lipinski definition) is 2. The van der Waals surface area contributed by atoms with Crippen molar-refractivity contribution in [3.63, 3.8) is 0 Å². The maximum atomic E-state index is 6.01. The van der Waals surface area contributed by atoms with Gasteiger partial charge >= 0.3 is 0 Å². The van der Waals surface area contributed by atoms with Gasteiger partial charge in [-0.1, -0.05) is 51.9 Å². The van der Waals surface area contributed by atoms with Crippen LogP contribution in [0.3, 0.4) is 0 Å². The molecule has 1 heterocycles. The second-order valence-corrected chi connectivity index (χ2v) is 7.18. The van der Waals surface area contributed by atoms with Gasteiger partial charge in [0.25, 0.3) is 0 Å². The van der Waals surface area contributed by atoms with Crippen LogP contribution in [-0.2, 0) is 6.54 Å². The average Bonchev–Trinajstić information content (AvgIpc) is 2.90. The highest BCUT2D eigenvalue weighted by Gasteiger charge is 2.11. The van der Waals surface area contributed by atoms with E-state index in [9.17, 15) is 0 Å². The first kappa shape index (κ1) is 17.7. The number of fused-ring (bicyclic) bond motifs is 3. The smallest absolute Gasteiger partial charge is 0.0492 e. The molecule has 3 aromatic rings. The Balaban J connectivity index is 1.70. The van der Waals surface area contributed by atoms with Crippen LogP contribution >= 0.6 is 0 Å². The van der Waals surface area contributed by atoms with E-state index in [4.69, 9.17) is 11.5 Å². The predicted octanol–water partition coefficient (Wildman–Crippen LogP) is 6.10. The minimum atomic E-state index is 0.807. The Morgan fingerprint density at radius 1 is 0.680 bits per heavy atom. The highest BCUT2D eigenvalue weighted by molar-refractivity contribution is 6.09. The van der Waals surface area contributed by atoms with E-state index in [2.05, 4.69) is 35.8 Å². The van der Waals surface area contributed by atoms with Gasteiger partial charge in [-0.3, -0.25) is 0 Å². The number of nitrogens with two attached hydrogens (primary N) is 2. The number of nitrogen functional groups attached to an aromatic ring is 2. The zero-order valence-electron chi connectivity index (χ0n) is 15.4. The molecule has 0 saturated carbocycles. The SMILES string of the molecule is CCCCCCCCCCn1c2ccc(N)cc2c2cc(N)ccc21. The van der Waals surface area contributed by atoms with Gasteiger partial charge in [0.2, 0.25) is 0 Å². The van der Waals surface area contributed by atoms with E-state index in [1.165, 1.54) is 73.2 Å². The van der Waals surface area contributed by atoms with Gasteiger partial charge in [0, 0.05) is 39.7 Å². The summed E-state index contributed by atoms with van der Waals surface area (Å²) in [6, 6.07) is 12.4. The molecule has 4 N–H and O–H groups in total. The van der Waals surface area contributed by atoms with Gasteiger partial charge in [-0.05, 0) is 42.8 Å². The summed E-state index contributed by atoms with van der Waals surface area (Å²) in [6.45, 7) is 3.33. The molecule has 25 heavy (non-hydrogen) atoms. The first-order valence-corrected chi connectivity index (χ1v) is 9.77. The summed E-state index contributed by atoms with van der Waals surface area (Å²) >= 11 is 0. The lowest BCUT2D eigenvalue weighted by Gasteiger charge is -2.08. The van der Waals surface area contributed by atoms with Crippen LogP contribution in [0, 0.1) is 0 Å². The van der Waals surface area contributed by atoms with Crippen molar-refractivity contribution in [2.45, 2.75) is 64.8 Å². The van der Waals surface area contributed by atoms with E-state index in [-0.39, 0.29) is 0 Å². The van der Waals surface area contributed by atoms with Crippen molar-refractivity contribution in [1.29, 1.82) is 0 Å². The number of rotatable bonds is 9. The van der Waals surface area contributed by atoms with Crippen molar-refractivity contribution in [1.82, 2.24) is 4.57 Å². The second kappa shape index (κ2) is 8.28. The number of nitrogens with zero attached hydrogens (tertiary/aromatic N) is 1. The van der Waals surface area contributed by atoms with E-state index >= 15 is 0 Å². The fourth-order valence-corrected chi connectivity index (χ4v) is 3.78. The molecule has 0 spiro atoms. The van der Waals surface area contributed by atoms with Crippen LogP contribution < -0.4 is 11.5 Å². The molecule has 0 bridgehead atoms. The topological polar surface area (TPSA) is 57.0 Å². The van der Waals surface area contributed by atoms with Crippen molar-refractivity contribution in [3.05, 3.63) is 36.4 Å². The van der Waals surface area contributed by atoms with Crippen molar-refractivity contribution in [2.75, 3.05) is 11.5 Å². The van der Waals surface area contributed by atoms with Crippen LogP contribution in [-0.4, -0.2) is 4.57 Å². The monoisotopic (exact) mass is 337 g/mol. The molecule has 0 amide bonds. The summed E-state index contributed by atoms with van der Waals surface area (Å²) in [5.74, 6) is 0. The van der Waals surface area contributed by atoms with Gasteiger partial charge in [-0.25, -0.2) is 0 Å². The van der Waals surface area contributed by atoms with Crippen molar-refractivity contribution in [2.24, 2.45) is 0 Å². The number of hydrogen-bond donors (Lipinski definition) is 2. The Morgan fingerprint density at radius 3 is 1.68 bits per heavy atom. The van der Waals surface area contributed by atoms with E-state index in [0.717, 1.165) is 17.9 Å². The highest BCUT2D eigenvalue weighted by atomic mass is 15.0. The number of aromatic nitrogens is 1. The molecule has 134 valence electrons. The standard InChI is InChI=1S/C22H31N3/c1-2-3-4-5-6-7-8-9-14-25-21-12-10-17(23)15-19(21)20-16-18(24)11-13-22(20)25/h10-13,15-16H,2-9,14,23-24H2,1H3. The minimum absolute atomic E-state index is 0.807. The van der Waals surface area contributed by atoms with Gasteiger partial charge in [0.15, 0.2) is 0 Å². The number of unbranched alkanes of at least 4 members (excludes halogenated alkanes) is 7. The first-order chi connectivity index (χ1) is 12.2. The molecule has 0 radical (unpaired) electrons. The van der Waals surface area contributed by atoms with Crippen LogP contribution in [0.15, 0.2) is 36.4 Å². The lowest BCUT2D eigenvalue weighted by Crippen LogP contribution is -1.98. The van der Waals surface area contributed by atoms with E-state index in [1.807, 2.05) is 12.1 Å². The summed E-state index contributed by atoms with van der Waals surface area (Å²) in [7, 11) is 0. The highest BCUT2D eigenvalue weighted by Crippen LogP contribution is 2.32. The Hall–Kier alpha value is -2.16. The maximum Gasteiger partial charge on any atom is 0.0492 e. The largest absolute Gasteiger partial charge is 0.399 e. The Morgan fingerprint density at radius 2 is 1.16 bits per heavy atom. The molecule has 2 aromatic carbocycles. The van der Waals surface area contributed by atoms with Crippen molar-refractivity contribution < 1.29 is 0 Å². The molecular weight excluding hydrogens is 306 g/mol. The van der Waals surface area contributed by atoms with Crippen LogP contribution in [0.4, 0.5) is 11.4 Å². The second-order valence-electron chi connectivity index (χ2n) is 7.18. The zero-order chi connectivity index (χ0) is 17.6. The van der Waals surface area contributed by atoms with E-state index < -0.39 is 0 Å². The molecule has 0 saturated heterocycles. The van der Waals surface area contributed by atoms with Gasteiger partial charge in [-0.15, -0.1) is 0 Å². The number of benzene rings is 2. The Kier molecular flexibility index (Phi) is 5.85. The van der Waals surface area contributed by atoms with E-state index in [0.29, 0.717) is 0 Å². The normalized spacial score (nSPS) is 11.6. The average molecular weight is 338 g/mol. The summed E-state index contributed by atoms with van der Waals surface area (Å²) in [5, 5.41) is 2.42. The fraction of sp³-hybridized carbons (Fsp3) is 0.455. The van der Waals surface area contributed by atoms with Crippen LogP contribution in [0.2, 0.25) is 0 Å². The third kappa shape index (κ3) is 4.09. The third-order valence-corrected chi connectivity index (χ3v) is 5.15. The molecule has 3 heteroatoms. The summed E-state index contributed by atoms with van der Waals surface area (Å²) < 4.78 is 2.43. The molecule has 0 unspecified atom stereocenters. The van der Waals surface area contributed by atoms with Gasteiger partial charge in [-0.2, -0.15) is 0 Å². The summed E-state index contributed by atoms with van der Waals surface area (Å²) in [4.78, 5) is 0. The molecule has 0 aliphatic carbocycles. The molecule has 0 fully saturated rings. The van der Waals surface area contributed by atoms with Gasteiger partial charge in [0.05, 0.1) is 0 Å².